The smallest absolute Gasteiger partial charge is 0.348 e. The Bertz CT molecular complexity index is 686. The maximum absolute atomic E-state index is 12.1. The van der Waals surface area contributed by atoms with E-state index in [-0.39, 0.29) is 5.57 Å². The first kappa shape index (κ1) is 19.1. The molecular formula is C18H21ClO6. The number of carbonyl (C=O) groups is 2. The van der Waals surface area contributed by atoms with Crippen molar-refractivity contribution in [3.05, 3.63) is 28.3 Å². The highest BCUT2D eigenvalue weighted by atomic mass is 35.5. The second-order valence-electron chi connectivity index (χ2n) is 5.84. The van der Waals surface area contributed by atoms with Crippen molar-refractivity contribution in [2.75, 3.05) is 13.2 Å². The Hall–Kier alpha value is -2.21. The molecule has 0 spiro atoms. The van der Waals surface area contributed by atoms with E-state index >= 15 is 0 Å². The molecule has 0 N–H and O–H groups in total. The van der Waals surface area contributed by atoms with Gasteiger partial charge in [0.2, 0.25) is 0 Å². The van der Waals surface area contributed by atoms with Crippen LogP contribution in [0.2, 0.25) is 5.02 Å². The van der Waals surface area contributed by atoms with Crippen molar-refractivity contribution in [1.82, 2.24) is 0 Å². The lowest BCUT2D eigenvalue weighted by molar-refractivity contribution is -0.222. The highest BCUT2D eigenvalue weighted by Gasteiger charge is 2.39. The van der Waals surface area contributed by atoms with Crippen LogP contribution in [-0.2, 0) is 19.1 Å². The van der Waals surface area contributed by atoms with Crippen LogP contribution in [0.3, 0.4) is 0 Å². The normalized spacial score (nSPS) is 16.1. The van der Waals surface area contributed by atoms with E-state index in [1.165, 1.54) is 19.9 Å². The van der Waals surface area contributed by atoms with E-state index in [0.29, 0.717) is 35.3 Å². The van der Waals surface area contributed by atoms with Gasteiger partial charge in [-0.3, -0.25) is 0 Å². The predicted molar refractivity (Wildman–Crippen MR) is 92.6 cm³/mol. The summed E-state index contributed by atoms with van der Waals surface area (Å²) < 4.78 is 21.3. The Kier molecular flexibility index (Phi) is 5.95. The van der Waals surface area contributed by atoms with Gasteiger partial charge in [-0.1, -0.05) is 18.5 Å². The summed E-state index contributed by atoms with van der Waals surface area (Å²) in [6.45, 7) is 7.75. The van der Waals surface area contributed by atoms with Crippen LogP contribution < -0.4 is 9.47 Å². The molecule has 1 saturated heterocycles. The van der Waals surface area contributed by atoms with Crippen molar-refractivity contribution in [2.45, 2.75) is 39.9 Å². The molecule has 1 fully saturated rings. The zero-order chi connectivity index (χ0) is 18.6. The molecule has 1 heterocycles. The third-order valence-electron chi connectivity index (χ3n) is 3.24. The third-order valence-corrected chi connectivity index (χ3v) is 3.57. The molecule has 0 saturated carbocycles. The Morgan fingerprint density at radius 1 is 1.08 bits per heavy atom. The van der Waals surface area contributed by atoms with Crippen LogP contribution in [0.25, 0.3) is 6.08 Å². The highest BCUT2D eigenvalue weighted by Crippen LogP contribution is 2.35. The number of esters is 2. The first-order valence-corrected chi connectivity index (χ1v) is 8.42. The first-order valence-electron chi connectivity index (χ1n) is 8.05. The van der Waals surface area contributed by atoms with E-state index < -0.39 is 17.7 Å². The number of hydrogen-bond donors (Lipinski definition) is 0. The molecule has 0 bridgehead atoms. The molecule has 0 amide bonds. The largest absolute Gasteiger partial charge is 0.490 e. The highest BCUT2D eigenvalue weighted by molar-refractivity contribution is 6.32. The van der Waals surface area contributed by atoms with Crippen molar-refractivity contribution in [3.63, 3.8) is 0 Å². The second-order valence-corrected chi connectivity index (χ2v) is 6.25. The van der Waals surface area contributed by atoms with Gasteiger partial charge in [0.25, 0.3) is 5.79 Å². The minimum absolute atomic E-state index is 0.231. The van der Waals surface area contributed by atoms with Gasteiger partial charge < -0.3 is 18.9 Å². The zero-order valence-electron chi connectivity index (χ0n) is 14.7. The van der Waals surface area contributed by atoms with Gasteiger partial charge in [-0.25, -0.2) is 9.59 Å². The zero-order valence-corrected chi connectivity index (χ0v) is 15.4. The summed E-state index contributed by atoms with van der Waals surface area (Å²) in [7, 11) is 0. The maximum atomic E-state index is 12.1. The number of hydrogen-bond acceptors (Lipinski definition) is 6. The summed E-state index contributed by atoms with van der Waals surface area (Å²) in [6, 6.07) is 3.21. The monoisotopic (exact) mass is 368 g/mol. The molecule has 6 nitrogen and oxygen atoms in total. The van der Waals surface area contributed by atoms with E-state index in [2.05, 4.69) is 0 Å². The fraction of sp³-hybridized carbons (Fsp3) is 0.444. The summed E-state index contributed by atoms with van der Waals surface area (Å²) in [5, 5.41) is 0.312. The van der Waals surface area contributed by atoms with Gasteiger partial charge in [0, 0.05) is 19.9 Å². The first-order chi connectivity index (χ1) is 11.8. The Morgan fingerprint density at radius 2 is 1.68 bits per heavy atom. The SMILES string of the molecule is CCCOc1cc(Cl)c(C=C2C(=O)OC(C)(C)OC2=O)cc1OCC. The van der Waals surface area contributed by atoms with Crippen LogP contribution in [0.5, 0.6) is 11.5 Å². The van der Waals surface area contributed by atoms with E-state index in [9.17, 15) is 9.59 Å². The van der Waals surface area contributed by atoms with Crippen molar-refractivity contribution >= 4 is 29.6 Å². The lowest BCUT2D eigenvalue weighted by atomic mass is 10.1. The molecule has 0 aliphatic carbocycles. The quantitative estimate of drug-likeness (QED) is 0.432. The number of ether oxygens (including phenoxy) is 4. The number of halogens is 1. The fourth-order valence-electron chi connectivity index (χ4n) is 2.19. The van der Waals surface area contributed by atoms with Crippen molar-refractivity contribution < 1.29 is 28.5 Å². The molecule has 25 heavy (non-hydrogen) atoms. The molecule has 136 valence electrons. The molecule has 0 radical (unpaired) electrons. The van der Waals surface area contributed by atoms with Gasteiger partial charge in [0.15, 0.2) is 11.5 Å². The van der Waals surface area contributed by atoms with Gasteiger partial charge in [0.1, 0.15) is 5.57 Å². The molecule has 7 heteroatoms. The minimum Gasteiger partial charge on any atom is -0.490 e. The summed E-state index contributed by atoms with van der Waals surface area (Å²) in [6.07, 6.45) is 2.16. The number of rotatable bonds is 6. The van der Waals surface area contributed by atoms with Crippen LogP contribution >= 0.6 is 11.6 Å². The summed E-state index contributed by atoms with van der Waals surface area (Å²) in [4.78, 5) is 24.1. The molecular weight excluding hydrogens is 348 g/mol. The second kappa shape index (κ2) is 7.78. The molecule has 0 atom stereocenters. The molecule has 1 aromatic rings. The average molecular weight is 369 g/mol. The number of carbonyl (C=O) groups excluding carboxylic acids is 2. The van der Waals surface area contributed by atoms with Crippen LogP contribution in [0.4, 0.5) is 0 Å². The number of benzene rings is 1. The van der Waals surface area contributed by atoms with Crippen molar-refractivity contribution in [1.29, 1.82) is 0 Å². The average Bonchev–Trinajstić information content (AvgIpc) is 2.51. The van der Waals surface area contributed by atoms with Crippen LogP contribution in [0.1, 0.15) is 39.7 Å². The van der Waals surface area contributed by atoms with Gasteiger partial charge >= 0.3 is 11.9 Å². The van der Waals surface area contributed by atoms with E-state index in [0.717, 1.165) is 6.42 Å². The van der Waals surface area contributed by atoms with Crippen molar-refractivity contribution in [2.24, 2.45) is 0 Å². The standard InChI is InChI=1S/C18H21ClO6/c1-5-7-23-15-10-13(19)11(9-14(15)22-6-2)8-12-16(20)24-18(3,4)25-17(12)21/h8-10H,5-7H2,1-4H3. The molecule has 1 aliphatic rings. The lowest BCUT2D eigenvalue weighted by Gasteiger charge is -2.29. The summed E-state index contributed by atoms with van der Waals surface area (Å²) >= 11 is 6.27. The lowest BCUT2D eigenvalue weighted by Crippen LogP contribution is -2.41. The molecule has 1 aliphatic heterocycles. The third kappa shape index (κ3) is 4.66. The predicted octanol–water partition coefficient (Wildman–Crippen LogP) is 3.75. The van der Waals surface area contributed by atoms with Crippen LogP contribution in [-0.4, -0.2) is 30.9 Å². The van der Waals surface area contributed by atoms with Crippen LogP contribution in [0, 0.1) is 0 Å². The fourth-order valence-corrected chi connectivity index (χ4v) is 2.40. The Balaban J connectivity index is 2.40. The van der Waals surface area contributed by atoms with E-state index in [1.807, 2.05) is 13.8 Å². The minimum atomic E-state index is -1.29. The van der Waals surface area contributed by atoms with Crippen molar-refractivity contribution in [3.8, 4) is 11.5 Å². The topological polar surface area (TPSA) is 71.1 Å². The Morgan fingerprint density at radius 3 is 2.24 bits per heavy atom. The van der Waals surface area contributed by atoms with Gasteiger partial charge in [-0.15, -0.1) is 0 Å². The van der Waals surface area contributed by atoms with Gasteiger partial charge in [-0.05, 0) is 31.1 Å². The number of cyclic esters (lactones) is 2. The van der Waals surface area contributed by atoms with Gasteiger partial charge in [-0.2, -0.15) is 0 Å². The van der Waals surface area contributed by atoms with Crippen LogP contribution in [0.15, 0.2) is 17.7 Å². The molecule has 0 aromatic heterocycles. The van der Waals surface area contributed by atoms with E-state index in [1.54, 1.807) is 12.1 Å². The molecule has 1 aromatic carbocycles. The maximum Gasteiger partial charge on any atom is 0.348 e. The molecule has 2 rings (SSSR count). The summed E-state index contributed by atoms with van der Waals surface area (Å²) in [5.74, 6) is -1.83. The summed E-state index contributed by atoms with van der Waals surface area (Å²) in [5.41, 5.74) is 0.198. The molecule has 0 unspecified atom stereocenters. The van der Waals surface area contributed by atoms with E-state index in [4.69, 9.17) is 30.5 Å². The van der Waals surface area contributed by atoms with Gasteiger partial charge in [0.05, 0.1) is 18.2 Å². The Labute approximate surface area is 151 Å².